The molecule has 0 heterocycles. The van der Waals surface area contributed by atoms with Crippen molar-refractivity contribution in [2.45, 2.75) is 13.1 Å². The Bertz CT molecular complexity index is 523. The molecule has 0 saturated heterocycles. The van der Waals surface area contributed by atoms with E-state index in [1.165, 1.54) is 12.1 Å². The van der Waals surface area contributed by atoms with E-state index in [4.69, 9.17) is 16.9 Å². The quantitative estimate of drug-likeness (QED) is 0.868. The van der Waals surface area contributed by atoms with Crippen LogP contribution in [0.4, 0.5) is 18.9 Å². The molecule has 1 amide bonds. The molecule has 1 aromatic carbocycles. The monoisotopic (exact) mass is 290 g/mol. The van der Waals surface area contributed by atoms with Gasteiger partial charge in [0.25, 0.3) is 0 Å². The average Bonchev–Trinajstić information content (AvgIpc) is 2.36. The summed E-state index contributed by atoms with van der Waals surface area (Å²) in [5, 5.41) is 10.9. The number of carbonyl (C=O) groups is 1. The van der Waals surface area contributed by atoms with Gasteiger partial charge in [0, 0.05) is 17.5 Å². The van der Waals surface area contributed by atoms with Crippen LogP contribution in [0, 0.1) is 17.2 Å². The molecule has 102 valence electrons. The van der Waals surface area contributed by atoms with E-state index in [9.17, 15) is 18.0 Å². The highest BCUT2D eigenvalue weighted by molar-refractivity contribution is 6.19. The van der Waals surface area contributed by atoms with Gasteiger partial charge in [-0.2, -0.15) is 18.4 Å². The van der Waals surface area contributed by atoms with E-state index in [2.05, 4.69) is 5.32 Å². The molecule has 1 aromatic rings. The number of anilines is 1. The lowest BCUT2D eigenvalue weighted by atomic mass is 10.1. The molecule has 0 fully saturated rings. The van der Waals surface area contributed by atoms with Crippen LogP contribution in [0.2, 0.25) is 0 Å². The van der Waals surface area contributed by atoms with Crippen molar-refractivity contribution in [3.05, 3.63) is 29.3 Å². The number of alkyl halides is 4. The maximum absolute atomic E-state index is 12.7. The van der Waals surface area contributed by atoms with Crippen LogP contribution < -0.4 is 5.32 Å². The van der Waals surface area contributed by atoms with Gasteiger partial charge in [0.15, 0.2) is 0 Å². The van der Waals surface area contributed by atoms with Gasteiger partial charge in [-0.1, -0.05) is 6.92 Å². The minimum Gasteiger partial charge on any atom is -0.326 e. The summed E-state index contributed by atoms with van der Waals surface area (Å²) in [4.78, 5) is 11.5. The normalized spacial score (nSPS) is 12.6. The highest BCUT2D eigenvalue weighted by atomic mass is 35.5. The van der Waals surface area contributed by atoms with Gasteiger partial charge < -0.3 is 5.32 Å². The van der Waals surface area contributed by atoms with Gasteiger partial charge in [0.2, 0.25) is 5.91 Å². The van der Waals surface area contributed by atoms with Crippen molar-refractivity contribution in [1.29, 1.82) is 5.26 Å². The lowest BCUT2D eigenvalue weighted by molar-refractivity contribution is -0.137. The fourth-order valence-corrected chi connectivity index (χ4v) is 1.43. The van der Waals surface area contributed by atoms with E-state index >= 15 is 0 Å². The zero-order chi connectivity index (χ0) is 14.6. The molecule has 1 atom stereocenters. The second kappa shape index (κ2) is 5.93. The van der Waals surface area contributed by atoms with Crippen LogP contribution in [0.15, 0.2) is 18.2 Å². The number of hydrogen-bond donors (Lipinski definition) is 1. The minimum atomic E-state index is -4.65. The lowest BCUT2D eigenvalue weighted by Crippen LogP contribution is -2.21. The summed E-state index contributed by atoms with van der Waals surface area (Å²) >= 11 is 5.48. The second-order valence-corrected chi connectivity index (χ2v) is 4.22. The van der Waals surface area contributed by atoms with Gasteiger partial charge in [-0.25, -0.2) is 0 Å². The fraction of sp³-hybridized carbons (Fsp3) is 0.333. The molecule has 1 unspecified atom stereocenters. The number of nitriles is 1. The number of amides is 1. The van der Waals surface area contributed by atoms with E-state index in [0.717, 1.165) is 12.1 Å². The van der Waals surface area contributed by atoms with E-state index in [-0.39, 0.29) is 11.6 Å². The summed E-state index contributed by atoms with van der Waals surface area (Å²) < 4.78 is 38.1. The molecule has 3 nitrogen and oxygen atoms in total. The van der Waals surface area contributed by atoms with Gasteiger partial charge in [-0.15, -0.1) is 11.6 Å². The average molecular weight is 291 g/mol. The van der Waals surface area contributed by atoms with Crippen LogP contribution >= 0.6 is 11.6 Å². The minimum absolute atomic E-state index is 0.0201. The Balaban J connectivity index is 3.07. The molecule has 0 radical (unpaired) electrons. The molecule has 1 rings (SSSR count). The third-order valence-electron chi connectivity index (χ3n) is 2.39. The first-order valence-corrected chi connectivity index (χ1v) is 5.81. The van der Waals surface area contributed by atoms with Crippen molar-refractivity contribution < 1.29 is 18.0 Å². The van der Waals surface area contributed by atoms with Crippen LogP contribution in [0.1, 0.15) is 18.1 Å². The Morgan fingerprint density at radius 3 is 2.63 bits per heavy atom. The highest BCUT2D eigenvalue weighted by Crippen LogP contribution is 2.33. The van der Waals surface area contributed by atoms with Gasteiger partial charge >= 0.3 is 6.18 Å². The van der Waals surface area contributed by atoms with Gasteiger partial charge in [-0.3, -0.25) is 4.79 Å². The molecule has 1 N–H and O–H groups in total. The Kier molecular flexibility index (Phi) is 4.78. The second-order valence-electron chi connectivity index (χ2n) is 3.91. The van der Waals surface area contributed by atoms with Gasteiger partial charge in [0.05, 0.1) is 17.2 Å². The highest BCUT2D eigenvalue weighted by Gasteiger charge is 2.34. The maximum Gasteiger partial charge on any atom is 0.417 e. The SMILES string of the molecule is CC(CCl)C(=O)Nc1ccc(C#N)c(C(F)(F)F)c1. The fourth-order valence-electron chi connectivity index (χ4n) is 1.29. The number of halogens is 4. The first kappa shape index (κ1) is 15.3. The topological polar surface area (TPSA) is 52.9 Å². The van der Waals surface area contributed by atoms with E-state index < -0.39 is 29.1 Å². The zero-order valence-corrected chi connectivity index (χ0v) is 10.6. The number of benzene rings is 1. The molecule has 0 aliphatic heterocycles. The molecule has 0 aromatic heterocycles. The molecule has 0 aliphatic carbocycles. The smallest absolute Gasteiger partial charge is 0.326 e. The van der Waals surface area contributed by atoms with Crippen molar-refractivity contribution in [2.24, 2.45) is 5.92 Å². The van der Waals surface area contributed by atoms with Crippen LogP contribution in [0.3, 0.4) is 0 Å². The molecule has 19 heavy (non-hydrogen) atoms. The van der Waals surface area contributed by atoms with Gasteiger partial charge in [0.1, 0.15) is 0 Å². The third-order valence-corrected chi connectivity index (χ3v) is 2.85. The van der Waals surface area contributed by atoms with Crippen LogP contribution in [-0.4, -0.2) is 11.8 Å². The third kappa shape index (κ3) is 3.86. The molecule has 0 aliphatic rings. The summed E-state index contributed by atoms with van der Waals surface area (Å²) in [5.74, 6) is -0.937. The largest absolute Gasteiger partial charge is 0.417 e. The van der Waals surface area contributed by atoms with Gasteiger partial charge in [-0.05, 0) is 18.2 Å². The summed E-state index contributed by atoms with van der Waals surface area (Å²) in [6.45, 7) is 1.55. The van der Waals surface area contributed by atoms with Crippen molar-refractivity contribution >= 4 is 23.2 Å². The van der Waals surface area contributed by atoms with E-state index in [0.29, 0.717) is 0 Å². The zero-order valence-electron chi connectivity index (χ0n) is 9.88. The first-order chi connectivity index (χ1) is 8.79. The summed E-state index contributed by atoms with van der Waals surface area (Å²) in [6.07, 6.45) is -4.65. The number of carbonyl (C=O) groups excluding carboxylic acids is 1. The van der Waals surface area contributed by atoms with Crippen LogP contribution in [0.25, 0.3) is 0 Å². The molecule has 7 heteroatoms. The summed E-state index contributed by atoms with van der Waals surface area (Å²) in [7, 11) is 0. The molecular formula is C12H10ClF3N2O. The standard InChI is InChI=1S/C12H10ClF3N2O/c1-7(5-13)11(19)18-9-3-2-8(6-17)10(4-9)12(14,15)16/h2-4,7H,5H2,1H3,(H,18,19). The van der Waals surface area contributed by atoms with Crippen LogP contribution in [0.5, 0.6) is 0 Å². The number of nitrogens with one attached hydrogen (secondary N) is 1. The Hall–Kier alpha value is -1.74. The predicted octanol–water partition coefficient (Wildman–Crippen LogP) is 3.39. The van der Waals surface area contributed by atoms with Crippen molar-refractivity contribution in [1.82, 2.24) is 0 Å². The number of rotatable bonds is 3. The Morgan fingerprint density at radius 1 is 1.53 bits per heavy atom. The lowest BCUT2D eigenvalue weighted by Gasteiger charge is -2.13. The van der Waals surface area contributed by atoms with E-state index in [1.54, 1.807) is 6.92 Å². The first-order valence-electron chi connectivity index (χ1n) is 5.27. The maximum atomic E-state index is 12.7. The summed E-state index contributed by atoms with van der Waals surface area (Å²) in [6, 6.07) is 4.46. The van der Waals surface area contributed by atoms with Crippen molar-refractivity contribution in [3.8, 4) is 6.07 Å². The number of nitrogens with zero attached hydrogens (tertiary/aromatic N) is 1. The molecule has 0 spiro atoms. The predicted molar refractivity (Wildman–Crippen MR) is 64.7 cm³/mol. The van der Waals surface area contributed by atoms with Crippen molar-refractivity contribution in [2.75, 3.05) is 11.2 Å². The Morgan fingerprint density at radius 2 is 2.16 bits per heavy atom. The number of hydrogen-bond acceptors (Lipinski definition) is 2. The summed E-state index contributed by atoms with van der Waals surface area (Å²) in [5.41, 5.74) is -1.59. The molecule has 0 saturated carbocycles. The Labute approximate surface area is 113 Å². The molecular weight excluding hydrogens is 281 g/mol. The van der Waals surface area contributed by atoms with Crippen molar-refractivity contribution in [3.63, 3.8) is 0 Å². The molecule has 0 bridgehead atoms. The van der Waals surface area contributed by atoms with Crippen LogP contribution in [-0.2, 0) is 11.0 Å². The van der Waals surface area contributed by atoms with E-state index in [1.807, 2.05) is 0 Å².